The fraction of sp³-hybridized carbons (Fsp3) is 0.611. The highest BCUT2D eigenvalue weighted by atomic mass is 16.5. The summed E-state index contributed by atoms with van der Waals surface area (Å²) >= 11 is 0. The SMILES string of the molecule is N[C@@H]1CN(C(=O)CCC2CCOCC2)C[C@H]1c1ccccc1. The van der Waals surface area contributed by atoms with Crippen molar-refractivity contribution in [2.75, 3.05) is 26.3 Å². The molecule has 4 heteroatoms. The lowest BCUT2D eigenvalue weighted by atomic mass is 9.94. The van der Waals surface area contributed by atoms with E-state index in [2.05, 4.69) is 12.1 Å². The molecular weight excluding hydrogens is 276 g/mol. The minimum atomic E-state index is 0.0504. The number of amides is 1. The molecule has 0 bridgehead atoms. The van der Waals surface area contributed by atoms with Gasteiger partial charge < -0.3 is 15.4 Å². The largest absolute Gasteiger partial charge is 0.381 e. The van der Waals surface area contributed by atoms with Gasteiger partial charge >= 0.3 is 0 Å². The predicted octanol–water partition coefficient (Wildman–Crippen LogP) is 2.15. The molecule has 0 aliphatic carbocycles. The van der Waals surface area contributed by atoms with Gasteiger partial charge in [0, 0.05) is 44.7 Å². The maximum absolute atomic E-state index is 12.4. The molecule has 2 N–H and O–H groups in total. The summed E-state index contributed by atoms with van der Waals surface area (Å²) in [5.74, 6) is 1.19. The number of rotatable bonds is 4. The third kappa shape index (κ3) is 3.68. The number of carbonyl (C=O) groups is 1. The molecule has 1 aromatic carbocycles. The third-order valence-corrected chi connectivity index (χ3v) is 5.05. The number of nitrogens with two attached hydrogens (primary N) is 1. The zero-order valence-electron chi connectivity index (χ0n) is 13.1. The Labute approximate surface area is 132 Å². The first kappa shape index (κ1) is 15.5. The average molecular weight is 302 g/mol. The molecule has 0 unspecified atom stereocenters. The number of hydrogen-bond donors (Lipinski definition) is 1. The number of likely N-dealkylation sites (tertiary alicyclic amines) is 1. The van der Waals surface area contributed by atoms with Gasteiger partial charge in [0.05, 0.1) is 0 Å². The summed E-state index contributed by atoms with van der Waals surface area (Å²) in [6, 6.07) is 10.4. The second-order valence-electron chi connectivity index (χ2n) is 6.57. The molecule has 2 fully saturated rings. The molecule has 22 heavy (non-hydrogen) atoms. The van der Waals surface area contributed by atoms with Crippen LogP contribution in [-0.2, 0) is 9.53 Å². The van der Waals surface area contributed by atoms with Crippen LogP contribution in [0.5, 0.6) is 0 Å². The van der Waals surface area contributed by atoms with Crippen LogP contribution in [0.2, 0.25) is 0 Å². The summed E-state index contributed by atoms with van der Waals surface area (Å²) in [6.07, 6.45) is 3.84. The van der Waals surface area contributed by atoms with Crippen LogP contribution in [0.4, 0.5) is 0 Å². The van der Waals surface area contributed by atoms with Crippen LogP contribution < -0.4 is 5.73 Å². The Bertz CT molecular complexity index is 485. The summed E-state index contributed by atoms with van der Waals surface area (Å²) < 4.78 is 5.37. The molecule has 1 aromatic rings. The highest BCUT2D eigenvalue weighted by Gasteiger charge is 2.33. The average Bonchev–Trinajstić information content (AvgIpc) is 2.96. The van der Waals surface area contributed by atoms with Crippen molar-refractivity contribution in [2.24, 2.45) is 11.7 Å². The second kappa shape index (κ2) is 7.25. The van der Waals surface area contributed by atoms with E-state index >= 15 is 0 Å². The summed E-state index contributed by atoms with van der Waals surface area (Å²) in [4.78, 5) is 14.4. The van der Waals surface area contributed by atoms with Crippen LogP contribution in [0.15, 0.2) is 30.3 Å². The first-order valence-corrected chi connectivity index (χ1v) is 8.40. The van der Waals surface area contributed by atoms with Crippen LogP contribution in [0.25, 0.3) is 0 Å². The standard InChI is InChI=1S/C18H26N2O2/c19-17-13-20(12-16(17)15-4-2-1-3-5-15)18(21)7-6-14-8-10-22-11-9-14/h1-5,14,16-17H,6-13,19H2/t16-,17+/m0/s1. The maximum atomic E-state index is 12.4. The fourth-order valence-corrected chi connectivity index (χ4v) is 3.61. The molecule has 0 radical (unpaired) electrons. The normalized spacial score (nSPS) is 26.3. The highest BCUT2D eigenvalue weighted by molar-refractivity contribution is 5.76. The minimum Gasteiger partial charge on any atom is -0.381 e. The molecule has 0 saturated carbocycles. The number of ether oxygens (including phenoxy) is 1. The van der Waals surface area contributed by atoms with E-state index in [1.54, 1.807) is 0 Å². The lowest BCUT2D eigenvalue weighted by Crippen LogP contribution is -2.32. The number of benzene rings is 1. The number of hydrogen-bond acceptors (Lipinski definition) is 3. The molecule has 0 spiro atoms. The van der Waals surface area contributed by atoms with E-state index in [1.165, 1.54) is 5.56 Å². The van der Waals surface area contributed by atoms with Crippen molar-refractivity contribution in [1.82, 2.24) is 4.90 Å². The van der Waals surface area contributed by atoms with E-state index in [1.807, 2.05) is 23.1 Å². The van der Waals surface area contributed by atoms with Gasteiger partial charge in [-0.1, -0.05) is 30.3 Å². The Morgan fingerprint density at radius 2 is 1.91 bits per heavy atom. The third-order valence-electron chi connectivity index (χ3n) is 5.05. The topological polar surface area (TPSA) is 55.6 Å². The van der Waals surface area contributed by atoms with Crippen LogP contribution in [0.1, 0.15) is 37.2 Å². The minimum absolute atomic E-state index is 0.0504. The Morgan fingerprint density at radius 3 is 2.64 bits per heavy atom. The molecule has 1 amide bonds. The lowest BCUT2D eigenvalue weighted by Gasteiger charge is -2.23. The molecule has 4 nitrogen and oxygen atoms in total. The van der Waals surface area contributed by atoms with E-state index < -0.39 is 0 Å². The van der Waals surface area contributed by atoms with Crippen molar-refractivity contribution in [1.29, 1.82) is 0 Å². The Kier molecular flexibility index (Phi) is 5.11. The first-order chi connectivity index (χ1) is 10.7. The number of carbonyl (C=O) groups excluding carboxylic acids is 1. The van der Waals surface area contributed by atoms with E-state index in [9.17, 15) is 4.79 Å². The first-order valence-electron chi connectivity index (χ1n) is 8.40. The molecule has 2 heterocycles. The van der Waals surface area contributed by atoms with Crippen molar-refractivity contribution in [3.63, 3.8) is 0 Å². The van der Waals surface area contributed by atoms with E-state index in [0.29, 0.717) is 18.9 Å². The van der Waals surface area contributed by atoms with Crippen molar-refractivity contribution in [3.05, 3.63) is 35.9 Å². The van der Waals surface area contributed by atoms with Gasteiger partial charge in [-0.3, -0.25) is 4.79 Å². The van der Waals surface area contributed by atoms with Crippen LogP contribution >= 0.6 is 0 Å². The molecule has 0 aromatic heterocycles. The molecule has 3 rings (SSSR count). The molecule has 2 aliphatic rings. The van der Waals surface area contributed by atoms with Gasteiger partial charge in [0.15, 0.2) is 0 Å². The molecule has 2 saturated heterocycles. The van der Waals surface area contributed by atoms with E-state index in [4.69, 9.17) is 10.5 Å². The van der Waals surface area contributed by atoms with Crippen molar-refractivity contribution < 1.29 is 9.53 Å². The van der Waals surface area contributed by atoms with E-state index in [-0.39, 0.29) is 17.9 Å². The van der Waals surface area contributed by atoms with Gasteiger partial charge in [0.25, 0.3) is 0 Å². The van der Waals surface area contributed by atoms with Crippen LogP contribution in [-0.4, -0.2) is 43.2 Å². The van der Waals surface area contributed by atoms with Crippen molar-refractivity contribution in [3.8, 4) is 0 Å². The van der Waals surface area contributed by atoms with E-state index in [0.717, 1.165) is 39.0 Å². The van der Waals surface area contributed by atoms with Crippen molar-refractivity contribution >= 4 is 5.91 Å². The zero-order chi connectivity index (χ0) is 15.4. The molecule has 120 valence electrons. The van der Waals surface area contributed by atoms with Gasteiger partial charge in [0.2, 0.25) is 5.91 Å². The molecule has 2 atom stereocenters. The maximum Gasteiger partial charge on any atom is 0.222 e. The Balaban J connectivity index is 1.51. The molecular formula is C18H26N2O2. The van der Waals surface area contributed by atoms with Gasteiger partial charge in [-0.15, -0.1) is 0 Å². The smallest absolute Gasteiger partial charge is 0.222 e. The van der Waals surface area contributed by atoms with Crippen molar-refractivity contribution in [2.45, 2.75) is 37.6 Å². The predicted molar refractivity (Wildman–Crippen MR) is 86.5 cm³/mol. The van der Waals surface area contributed by atoms with Gasteiger partial charge in [0.1, 0.15) is 0 Å². The summed E-state index contributed by atoms with van der Waals surface area (Å²) in [5, 5.41) is 0. The highest BCUT2D eigenvalue weighted by Crippen LogP contribution is 2.27. The van der Waals surface area contributed by atoms with Gasteiger partial charge in [-0.2, -0.15) is 0 Å². The van der Waals surface area contributed by atoms with Gasteiger partial charge in [-0.05, 0) is 30.7 Å². The summed E-state index contributed by atoms with van der Waals surface area (Å²) in [6.45, 7) is 3.15. The van der Waals surface area contributed by atoms with Crippen LogP contribution in [0, 0.1) is 5.92 Å². The quantitative estimate of drug-likeness (QED) is 0.927. The van der Waals surface area contributed by atoms with Gasteiger partial charge in [-0.25, -0.2) is 0 Å². The summed E-state index contributed by atoms with van der Waals surface area (Å²) in [5.41, 5.74) is 7.51. The monoisotopic (exact) mass is 302 g/mol. The lowest BCUT2D eigenvalue weighted by molar-refractivity contribution is -0.130. The second-order valence-corrected chi connectivity index (χ2v) is 6.57. The summed E-state index contributed by atoms with van der Waals surface area (Å²) in [7, 11) is 0. The fourth-order valence-electron chi connectivity index (χ4n) is 3.61. The van der Waals surface area contributed by atoms with Crippen LogP contribution in [0.3, 0.4) is 0 Å². The zero-order valence-corrected chi connectivity index (χ0v) is 13.1. The Morgan fingerprint density at radius 1 is 1.18 bits per heavy atom. The molecule has 2 aliphatic heterocycles. The number of nitrogens with zero attached hydrogens (tertiary/aromatic N) is 1. The Hall–Kier alpha value is -1.39.